The van der Waals surface area contributed by atoms with E-state index in [1.165, 1.54) is 0 Å². The van der Waals surface area contributed by atoms with Gasteiger partial charge in [0.15, 0.2) is 6.61 Å². The van der Waals surface area contributed by atoms with E-state index in [1.54, 1.807) is 24.4 Å². The molecule has 26 heavy (non-hydrogen) atoms. The molecular formula is C19H18N2O4S. The van der Waals surface area contributed by atoms with Crippen LogP contribution in [0.25, 0.3) is 0 Å². The summed E-state index contributed by atoms with van der Waals surface area (Å²) < 4.78 is 5.67. The maximum atomic E-state index is 12.3. The molecule has 3 rings (SSSR count). The zero-order valence-electron chi connectivity index (χ0n) is 14.2. The van der Waals surface area contributed by atoms with Crippen LogP contribution in [-0.2, 0) is 17.6 Å². The summed E-state index contributed by atoms with van der Waals surface area (Å²) >= 11 is 0.970. The highest BCUT2D eigenvalue weighted by Gasteiger charge is 2.32. The number of para-hydroxylation sites is 1. The topological polar surface area (TPSA) is 85.4 Å². The number of thioether (sulfide) groups is 1. The van der Waals surface area contributed by atoms with E-state index in [9.17, 15) is 14.4 Å². The van der Waals surface area contributed by atoms with Gasteiger partial charge in [0.25, 0.3) is 5.24 Å². The molecular weight excluding hydrogens is 352 g/mol. The first kappa shape index (κ1) is 18.1. The Kier molecular flexibility index (Phi) is 5.68. The predicted molar refractivity (Wildman–Crippen MR) is 98.5 cm³/mol. The third kappa shape index (κ3) is 4.29. The maximum absolute atomic E-state index is 12.3. The number of ether oxygens (including phenoxy) is 1. The quantitative estimate of drug-likeness (QED) is 0.755. The van der Waals surface area contributed by atoms with Crippen molar-refractivity contribution in [2.45, 2.75) is 25.0 Å². The highest BCUT2D eigenvalue weighted by Crippen LogP contribution is 2.27. The molecule has 2 heterocycles. The van der Waals surface area contributed by atoms with Crippen molar-refractivity contribution in [2.75, 3.05) is 6.61 Å². The van der Waals surface area contributed by atoms with Crippen molar-refractivity contribution in [3.05, 3.63) is 59.4 Å². The molecule has 0 radical (unpaired) electrons. The summed E-state index contributed by atoms with van der Waals surface area (Å²) in [5, 5.41) is 1.45. The van der Waals surface area contributed by atoms with Gasteiger partial charge in [-0.05, 0) is 36.1 Å². The molecule has 1 N–H and O–H groups in total. The fourth-order valence-electron chi connectivity index (χ4n) is 2.56. The number of benzene rings is 1. The molecule has 1 atom stereocenters. The Bertz CT molecular complexity index is 836. The summed E-state index contributed by atoms with van der Waals surface area (Å²) in [6.07, 6.45) is 2.91. The number of hydrogen-bond donors (Lipinski definition) is 1. The summed E-state index contributed by atoms with van der Waals surface area (Å²) in [5.41, 5.74) is 2.20. The van der Waals surface area contributed by atoms with Crippen molar-refractivity contribution in [2.24, 2.45) is 0 Å². The number of nitrogens with zero attached hydrogens (tertiary/aromatic N) is 1. The van der Waals surface area contributed by atoms with E-state index >= 15 is 0 Å². The van der Waals surface area contributed by atoms with Crippen LogP contribution in [0.3, 0.4) is 0 Å². The third-order valence-corrected chi connectivity index (χ3v) is 5.00. The molecule has 1 fully saturated rings. The molecule has 0 aliphatic carbocycles. The van der Waals surface area contributed by atoms with Crippen LogP contribution in [0.15, 0.2) is 42.6 Å². The summed E-state index contributed by atoms with van der Waals surface area (Å²) in [4.78, 5) is 39.5. The molecule has 1 aliphatic heterocycles. The van der Waals surface area contributed by atoms with E-state index in [0.717, 1.165) is 29.3 Å². The van der Waals surface area contributed by atoms with Crippen LogP contribution in [0.5, 0.6) is 5.75 Å². The number of amides is 2. The van der Waals surface area contributed by atoms with E-state index in [0.29, 0.717) is 17.9 Å². The molecule has 6 nitrogen and oxygen atoms in total. The SMILES string of the molecule is CCc1ccc(C(=O)COc2ccccc2CC2SC(=O)NC2=O)nc1. The molecule has 2 aromatic rings. The summed E-state index contributed by atoms with van der Waals surface area (Å²) in [7, 11) is 0. The van der Waals surface area contributed by atoms with Crippen molar-refractivity contribution in [1.82, 2.24) is 10.3 Å². The summed E-state index contributed by atoms with van der Waals surface area (Å²) in [6, 6.07) is 10.8. The lowest BCUT2D eigenvalue weighted by molar-refractivity contribution is -0.118. The molecule has 7 heteroatoms. The highest BCUT2D eigenvalue weighted by atomic mass is 32.2. The minimum absolute atomic E-state index is 0.140. The van der Waals surface area contributed by atoms with Gasteiger partial charge in [0.2, 0.25) is 11.7 Å². The normalized spacial score (nSPS) is 16.4. The number of aromatic nitrogens is 1. The minimum Gasteiger partial charge on any atom is -0.485 e. The average molecular weight is 370 g/mol. The third-order valence-electron chi connectivity index (χ3n) is 4.02. The van der Waals surface area contributed by atoms with Gasteiger partial charge in [-0.2, -0.15) is 0 Å². The molecule has 0 spiro atoms. The van der Waals surface area contributed by atoms with E-state index in [1.807, 2.05) is 25.1 Å². The van der Waals surface area contributed by atoms with Crippen molar-refractivity contribution in [1.29, 1.82) is 0 Å². The Hall–Kier alpha value is -2.67. The first-order chi connectivity index (χ1) is 12.6. The first-order valence-electron chi connectivity index (χ1n) is 8.27. The molecule has 1 aromatic carbocycles. The van der Waals surface area contributed by atoms with E-state index in [-0.39, 0.29) is 23.5 Å². The van der Waals surface area contributed by atoms with Gasteiger partial charge in [0.1, 0.15) is 11.4 Å². The second-order valence-electron chi connectivity index (χ2n) is 5.81. The van der Waals surface area contributed by atoms with Crippen molar-refractivity contribution < 1.29 is 19.1 Å². The predicted octanol–water partition coefficient (Wildman–Crippen LogP) is 2.80. The Morgan fingerprint density at radius 2 is 2.04 bits per heavy atom. The van der Waals surface area contributed by atoms with Crippen LogP contribution in [0.1, 0.15) is 28.5 Å². The van der Waals surface area contributed by atoms with Crippen LogP contribution in [0.4, 0.5) is 4.79 Å². The van der Waals surface area contributed by atoms with Crippen LogP contribution >= 0.6 is 11.8 Å². The second-order valence-corrected chi connectivity index (χ2v) is 6.99. The van der Waals surface area contributed by atoms with Gasteiger partial charge in [0.05, 0.1) is 5.25 Å². The van der Waals surface area contributed by atoms with Gasteiger partial charge in [-0.1, -0.05) is 43.0 Å². The molecule has 134 valence electrons. The van der Waals surface area contributed by atoms with Gasteiger partial charge >= 0.3 is 0 Å². The highest BCUT2D eigenvalue weighted by molar-refractivity contribution is 8.15. The lowest BCUT2D eigenvalue weighted by atomic mass is 10.1. The molecule has 1 saturated heterocycles. The van der Waals surface area contributed by atoms with Crippen molar-refractivity contribution >= 4 is 28.7 Å². The Morgan fingerprint density at radius 3 is 2.69 bits per heavy atom. The zero-order valence-corrected chi connectivity index (χ0v) is 15.0. The largest absolute Gasteiger partial charge is 0.485 e. The zero-order chi connectivity index (χ0) is 18.5. The number of Topliss-reactive ketones (excluding diaryl/α,β-unsaturated/α-hetero) is 1. The number of pyridine rings is 1. The standard InChI is InChI=1S/C19H18N2O4S/c1-2-12-7-8-14(20-10-12)15(22)11-25-16-6-4-3-5-13(16)9-17-18(23)21-19(24)26-17/h3-8,10,17H,2,9,11H2,1H3,(H,21,23,24). The van der Waals surface area contributed by atoms with Crippen molar-refractivity contribution in [3.8, 4) is 5.75 Å². The van der Waals surface area contributed by atoms with E-state index in [4.69, 9.17) is 4.74 Å². The molecule has 0 saturated carbocycles. The number of carbonyl (C=O) groups is 3. The number of ketones is 1. The Balaban J connectivity index is 1.65. The molecule has 1 unspecified atom stereocenters. The molecule has 1 aromatic heterocycles. The summed E-state index contributed by atoms with van der Waals surface area (Å²) in [5.74, 6) is 0.00971. The van der Waals surface area contributed by atoms with Gasteiger partial charge in [0, 0.05) is 6.20 Å². The second kappa shape index (κ2) is 8.14. The fraction of sp³-hybridized carbons (Fsp3) is 0.263. The Morgan fingerprint density at radius 1 is 1.23 bits per heavy atom. The van der Waals surface area contributed by atoms with Gasteiger partial charge < -0.3 is 4.74 Å². The first-order valence-corrected chi connectivity index (χ1v) is 9.15. The molecule has 2 amide bonds. The summed E-state index contributed by atoms with van der Waals surface area (Å²) in [6.45, 7) is 1.88. The van der Waals surface area contributed by atoms with Gasteiger partial charge in [-0.15, -0.1) is 0 Å². The van der Waals surface area contributed by atoms with E-state index in [2.05, 4.69) is 10.3 Å². The Labute approximate surface area is 155 Å². The van der Waals surface area contributed by atoms with Gasteiger partial charge in [-0.3, -0.25) is 24.7 Å². The lowest BCUT2D eigenvalue weighted by Gasteiger charge is -2.12. The molecule has 1 aliphatic rings. The number of nitrogens with one attached hydrogen (secondary N) is 1. The lowest BCUT2D eigenvalue weighted by Crippen LogP contribution is -2.25. The minimum atomic E-state index is -0.480. The van der Waals surface area contributed by atoms with Crippen LogP contribution in [0.2, 0.25) is 0 Å². The average Bonchev–Trinajstić information content (AvgIpc) is 2.97. The van der Waals surface area contributed by atoms with Crippen LogP contribution in [0, 0.1) is 0 Å². The number of aryl methyl sites for hydroxylation is 1. The van der Waals surface area contributed by atoms with Crippen molar-refractivity contribution in [3.63, 3.8) is 0 Å². The van der Waals surface area contributed by atoms with Crippen LogP contribution < -0.4 is 10.1 Å². The fourth-order valence-corrected chi connectivity index (χ4v) is 3.40. The molecule has 0 bridgehead atoms. The van der Waals surface area contributed by atoms with Gasteiger partial charge in [-0.25, -0.2) is 0 Å². The van der Waals surface area contributed by atoms with Crippen LogP contribution in [-0.4, -0.2) is 33.8 Å². The van der Waals surface area contributed by atoms with E-state index < -0.39 is 5.25 Å². The number of hydrogen-bond acceptors (Lipinski definition) is 6. The number of rotatable bonds is 7. The maximum Gasteiger partial charge on any atom is 0.286 e. The monoisotopic (exact) mass is 370 g/mol. The smallest absolute Gasteiger partial charge is 0.286 e. The number of carbonyl (C=O) groups excluding carboxylic acids is 3. The number of imide groups is 1.